The third kappa shape index (κ3) is 9.12. The Morgan fingerprint density at radius 2 is 1.35 bits per heavy atom. The van der Waals surface area contributed by atoms with E-state index in [4.69, 9.17) is 0 Å². The van der Waals surface area contributed by atoms with Crippen LogP contribution in [0.1, 0.15) is 69.8 Å². The van der Waals surface area contributed by atoms with Gasteiger partial charge in [-0.05, 0) is 46.8 Å². The Morgan fingerprint density at radius 3 is 1.90 bits per heavy atom. The Morgan fingerprint density at radius 1 is 0.800 bits per heavy atom. The maximum atomic E-state index is 4.26. The fraction of sp³-hybridized carbons (Fsp3) is 0.706. The number of pyridine rings is 1. The highest BCUT2D eigenvalue weighted by Gasteiger charge is 1.99. The third-order valence-corrected chi connectivity index (χ3v) is 4.94. The summed E-state index contributed by atoms with van der Waals surface area (Å²) in [6, 6.07) is 4.19. The van der Waals surface area contributed by atoms with Gasteiger partial charge in [0.05, 0.1) is 0 Å². The molecule has 0 N–H and O–H groups in total. The van der Waals surface area contributed by atoms with Crippen LogP contribution in [0.2, 0.25) is 0 Å². The first-order valence-electron chi connectivity index (χ1n) is 8.00. The summed E-state index contributed by atoms with van der Waals surface area (Å²) in [4.78, 5) is 4.26. The summed E-state index contributed by atoms with van der Waals surface area (Å²) in [5.41, 5.74) is 1.35. The molecule has 20 heavy (non-hydrogen) atoms. The standard InChI is InChI=1S/C17H27Br2N/c18-14-10-8-6-4-2-1-3-5-7-9-12-16-13-11-15-20-17(16)19/h11,13,15H,1-10,12,14H2. The molecule has 0 spiro atoms. The van der Waals surface area contributed by atoms with Crippen LogP contribution in [0.4, 0.5) is 0 Å². The normalized spacial score (nSPS) is 10.9. The van der Waals surface area contributed by atoms with Gasteiger partial charge < -0.3 is 0 Å². The van der Waals surface area contributed by atoms with Gasteiger partial charge in [0, 0.05) is 11.5 Å². The van der Waals surface area contributed by atoms with Crippen LogP contribution in [-0.4, -0.2) is 10.3 Å². The maximum absolute atomic E-state index is 4.26. The van der Waals surface area contributed by atoms with Crippen molar-refractivity contribution in [1.29, 1.82) is 0 Å². The molecule has 114 valence electrons. The van der Waals surface area contributed by atoms with E-state index in [-0.39, 0.29) is 0 Å². The zero-order valence-corrected chi connectivity index (χ0v) is 15.6. The molecule has 0 aliphatic carbocycles. The Bertz CT molecular complexity index is 342. The SMILES string of the molecule is BrCCCCCCCCCCCCc1cccnc1Br. The fourth-order valence-corrected chi connectivity index (χ4v) is 3.28. The summed E-state index contributed by atoms with van der Waals surface area (Å²) < 4.78 is 1.02. The molecule has 0 aliphatic rings. The number of hydrogen-bond acceptors (Lipinski definition) is 1. The first-order valence-corrected chi connectivity index (χ1v) is 9.91. The van der Waals surface area contributed by atoms with Crippen molar-refractivity contribution >= 4 is 31.9 Å². The van der Waals surface area contributed by atoms with Crippen molar-refractivity contribution < 1.29 is 0 Å². The monoisotopic (exact) mass is 403 g/mol. The molecule has 0 saturated heterocycles. The van der Waals surface area contributed by atoms with Gasteiger partial charge in [0.1, 0.15) is 4.60 Å². The second-order valence-corrected chi connectivity index (χ2v) is 6.97. The van der Waals surface area contributed by atoms with E-state index in [1.54, 1.807) is 0 Å². The zero-order valence-electron chi connectivity index (χ0n) is 12.4. The van der Waals surface area contributed by atoms with E-state index in [2.05, 4.69) is 42.9 Å². The molecule has 0 amide bonds. The van der Waals surface area contributed by atoms with Gasteiger partial charge in [-0.3, -0.25) is 0 Å². The predicted molar refractivity (Wildman–Crippen MR) is 95.6 cm³/mol. The van der Waals surface area contributed by atoms with Crippen LogP contribution in [0.5, 0.6) is 0 Å². The average molecular weight is 405 g/mol. The molecule has 1 rings (SSSR count). The first-order chi connectivity index (χ1) is 9.84. The second-order valence-electron chi connectivity index (χ2n) is 5.43. The molecular formula is C17H27Br2N. The molecule has 0 saturated carbocycles. The van der Waals surface area contributed by atoms with Gasteiger partial charge in [0.2, 0.25) is 0 Å². The molecule has 1 aromatic rings. The van der Waals surface area contributed by atoms with E-state index in [0.717, 1.165) is 11.0 Å². The molecule has 1 nitrogen and oxygen atoms in total. The van der Waals surface area contributed by atoms with Gasteiger partial charge in [0.25, 0.3) is 0 Å². The van der Waals surface area contributed by atoms with Crippen molar-refractivity contribution in [1.82, 2.24) is 4.98 Å². The topological polar surface area (TPSA) is 12.9 Å². The molecular weight excluding hydrogens is 378 g/mol. The van der Waals surface area contributed by atoms with E-state index in [1.165, 1.54) is 75.1 Å². The van der Waals surface area contributed by atoms with Crippen LogP contribution in [0.15, 0.2) is 22.9 Å². The van der Waals surface area contributed by atoms with Crippen molar-refractivity contribution in [2.45, 2.75) is 70.6 Å². The second kappa shape index (κ2) is 12.8. The summed E-state index contributed by atoms with van der Waals surface area (Å²) in [5, 5.41) is 1.17. The van der Waals surface area contributed by atoms with E-state index in [1.807, 2.05) is 12.3 Å². The van der Waals surface area contributed by atoms with Crippen LogP contribution in [0.3, 0.4) is 0 Å². The lowest BCUT2D eigenvalue weighted by molar-refractivity contribution is 0.557. The highest BCUT2D eigenvalue weighted by Crippen LogP contribution is 2.17. The summed E-state index contributed by atoms with van der Waals surface area (Å²) in [6.07, 6.45) is 16.9. The molecule has 1 aromatic heterocycles. The van der Waals surface area contributed by atoms with Crippen molar-refractivity contribution in [3.8, 4) is 0 Å². The molecule has 0 aromatic carbocycles. The maximum Gasteiger partial charge on any atom is 0.109 e. The number of aryl methyl sites for hydroxylation is 1. The van der Waals surface area contributed by atoms with Crippen molar-refractivity contribution in [2.75, 3.05) is 5.33 Å². The number of rotatable bonds is 12. The van der Waals surface area contributed by atoms with Crippen molar-refractivity contribution in [2.24, 2.45) is 0 Å². The van der Waals surface area contributed by atoms with E-state index < -0.39 is 0 Å². The van der Waals surface area contributed by atoms with Gasteiger partial charge in [-0.1, -0.05) is 73.4 Å². The Labute approximate surface area is 141 Å². The minimum absolute atomic E-state index is 1.02. The summed E-state index contributed by atoms with van der Waals surface area (Å²) in [6.45, 7) is 0. The molecule has 0 fully saturated rings. The molecule has 3 heteroatoms. The van der Waals surface area contributed by atoms with E-state index in [0.29, 0.717) is 0 Å². The molecule has 0 radical (unpaired) electrons. The molecule has 0 aliphatic heterocycles. The molecule has 0 unspecified atom stereocenters. The quantitative estimate of drug-likeness (QED) is 0.215. The lowest BCUT2D eigenvalue weighted by atomic mass is 10.0. The minimum atomic E-state index is 1.02. The predicted octanol–water partition coefficient (Wildman–Crippen LogP) is 6.68. The van der Waals surface area contributed by atoms with Gasteiger partial charge in [-0.15, -0.1) is 0 Å². The smallest absolute Gasteiger partial charge is 0.109 e. The largest absolute Gasteiger partial charge is 0.249 e. The third-order valence-electron chi connectivity index (χ3n) is 3.67. The molecule has 1 heterocycles. The number of halogens is 2. The van der Waals surface area contributed by atoms with Crippen LogP contribution < -0.4 is 0 Å². The summed E-state index contributed by atoms with van der Waals surface area (Å²) in [5.74, 6) is 0. The lowest BCUT2D eigenvalue weighted by Crippen LogP contribution is -1.89. The fourth-order valence-electron chi connectivity index (χ4n) is 2.43. The number of hydrogen-bond donors (Lipinski definition) is 0. The lowest BCUT2D eigenvalue weighted by Gasteiger charge is -2.04. The van der Waals surface area contributed by atoms with Gasteiger partial charge in [-0.2, -0.15) is 0 Å². The van der Waals surface area contributed by atoms with Crippen LogP contribution in [0.25, 0.3) is 0 Å². The number of aromatic nitrogens is 1. The number of unbranched alkanes of at least 4 members (excludes halogenated alkanes) is 9. The average Bonchev–Trinajstić information content (AvgIpc) is 2.46. The summed E-state index contributed by atoms with van der Waals surface area (Å²) in [7, 11) is 0. The van der Waals surface area contributed by atoms with Gasteiger partial charge in [0.15, 0.2) is 0 Å². The Balaban J connectivity index is 1.87. The van der Waals surface area contributed by atoms with E-state index in [9.17, 15) is 0 Å². The van der Waals surface area contributed by atoms with E-state index >= 15 is 0 Å². The highest BCUT2D eigenvalue weighted by atomic mass is 79.9. The van der Waals surface area contributed by atoms with Gasteiger partial charge >= 0.3 is 0 Å². The van der Waals surface area contributed by atoms with Crippen LogP contribution in [-0.2, 0) is 6.42 Å². The van der Waals surface area contributed by atoms with Crippen LogP contribution >= 0.6 is 31.9 Å². The molecule has 0 atom stereocenters. The van der Waals surface area contributed by atoms with Crippen LogP contribution in [0, 0.1) is 0 Å². The number of nitrogens with zero attached hydrogens (tertiary/aromatic N) is 1. The zero-order chi connectivity index (χ0) is 14.5. The van der Waals surface area contributed by atoms with Gasteiger partial charge in [-0.25, -0.2) is 4.98 Å². The first kappa shape index (κ1) is 18.2. The Hall–Kier alpha value is 0.110. The van der Waals surface area contributed by atoms with Crippen molar-refractivity contribution in [3.63, 3.8) is 0 Å². The highest BCUT2D eigenvalue weighted by molar-refractivity contribution is 9.10. The minimum Gasteiger partial charge on any atom is -0.249 e. The number of alkyl halides is 1. The Kier molecular flexibility index (Phi) is 11.6. The molecule has 0 bridgehead atoms. The summed E-state index contributed by atoms with van der Waals surface area (Å²) >= 11 is 6.99. The van der Waals surface area contributed by atoms with Crippen molar-refractivity contribution in [3.05, 3.63) is 28.5 Å².